The zero-order chi connectivity index (χ0) is 13.4. The van der Waals surface area contributed by atoms with Crippen LogP contribution < -0.4 is 0 Å². The topological polar surface area (TPSA) is 43.8 Å². The van der Waals surface area contributed by atoms with Crippen molar-refractivity contribution in [2.45, 2.75) is 18.9 Å². The molecule has 0 aromatic heterocycles. The van der Waals surface area contributed by atoms with Gasteiger partial charge in [0.15, 0.2) is 0 Å². The van der Waals surface area contributed by atoms with Crippen LogP contribution in [0.3, 0.4) is 0 Å². The fourth-order valence-corrected chi connectivity index (χ4v) is 2.80. The zero-order valence-corrected chi connectivity index (χ0v) is 12.3. The number of carbonyl (C=O) groups is 1. The second-order valence-electron chi connectivity index (χ2n) is 5.23. The third-order valence-corrected chi connectivity index (χ3v) is 4.53. The number of piperazine rings is 1. The summed E-state index contributed by atoms with van der Waals surface area (Å²) in [6.45, 7) is 3.51. The number of hydrogen-bond donors (Lipinski definition) is 1. The first-order valence-corrected chi connectivity index (χ1v) is 7.46. The van der Waals surface area contributed by atoms with Crippen molar-refractivity contribution in [3.05, 3.63) is 28.2 Å². The standard InChI is InChI=1S/C14H17BrN2O2/c15-12-4-1-10(9-13(12)18)14(19)17-7-5-16(6-8-17)11-2-3-11/h1,4,9,11,18H,2-3,5-8H2. The zero-order valence-electron chi connectivity index (χ0n) is 10.7. The highest BCUT2D eigenvalue weighted by Crippen LogP contribution is 2.28. The van der Waals surface area contributed by atoms with E-state index >= 15 is 0 Å². The number of amides is 1. The Morgan fingerprint density at radius 1 is 1.21 bits per heavy atom. The van der Waals surface area contributed by atoms with E-state index in [1.807, 2.05) is 4.90 Å². The van der Waals surface area contributed by atoms with Gasteiger partial charge in [0.2, 0.25) is 0 Å². The molecule has 1 N–H and O–H groups in total. The summed E-state index contributed by atoms with van der Waals surface area (Å²) in [5.41, 5.74) is 0.556. The SMILES string of the molecule is O=C(c1ccc(Br)c(O)c1)N1CCN(C2CC2)CC1. The molecule has 1 aliphatic heterocycles. The van der Waals surface area contributed by atoms with Crippen LogP contribution in [0.2, 0.25) is 0 Å². The van der Waals surface area contributed by atoms with Crippen molar-refractivity contribution >= 4 is 21.8 Å². The van der Waals surface area contributed by atoms with Gasteiger partial charge in [-0.25, -0.2) is 0 Å². The lowest BCUT2D eigenvalue weighted by molar-refractivity contribution is 0.0627. The molecule has 5 heteroatoms. The lowest BCUT2D eigenvalue weighted by Crippen LogP contribution is -2.49. The van der Waals surface area contributed by atoms with E-state index in [2.05, 4.69) is 20.8 Å². The Kier molecular flexibility index (Phi) is 3.50. The molecule has 1 aromatic rings. The Labute approximate surface area is 121 Å². The van der Waals surface area contributed by atoms with Crippen LogP contribution in [0.4, 0.5) is 0 Å². The minimum Gasteiger partial charge on any atom is -0.507 e. The first-order valence-electron chi connectivity index (χ1n) is 6.67. The fourth-order valence-electron chi connectivity index (χ4n) is 2.56. The second-order valence-corrected chi connectivity index (χ2v) is 6.08. The van der Waals surface area contributed by atoms with E-state index in [0.717, 1.165) is 32.2 Å². The van der Waals surface area contributed by atoms with Crippen LogP contribution in [0, 0.1) is 0 Å². The van der Waals surface area contributed by atoms with E-state index < -0.39 is 0 Å². The average Bonchev–Trinajstić information content (AvgIpc) is 3.26. The van der Waals surface area contributed by atoms with Crippen LogP contribution in [-0.2, 0) is 0 Å². The number of rotatable bonds is 2. The minimum atomic E-state index is 0.0123. The predicted molar refractivity (Wildman–Crippen MR) is 76.3 cm³/mol. The number of phenols is 1. The van der Waals surface area contributed by atoms with Crippen molar-refractivity contribution in [1.82, 2.24) is 9.80 Å². The van der Waals surface area contributed by atoms with Crippen LogP contribution in [0.15, 0.2) is 22.7 Å². The van der Waals surface area contributed by atoms with E-state index in [9.17, 15) is 9.90 Å². The Morgan fingerprint density at radius 3 is 2.47 bits per heavy atom. The quantitative estimate of drug-likeness (QED) is 0.905. The fraction of sp³-hybridized carbons (Fsp3) is 0.500. The maximum atomic E-state index is 12.3. The highest BCUT2D eigenvalue weighted by molar-refractivity contribution is 9.10. The van der Waals surface area contributed by atoms with E-state index in [-0.39, 0.29) is 11.7 Å². The van der Waals surface area contributed by atoms with Gasteiger partial charge in [-0.3, -0.25) is 9.69 Å². The molecule has 0 unspecified atom stereocenters. The van der Waals surface area contributed by atoms with Gasteiger partial charge in [-0.05, 0) is 47.0 Å². The molecule has 0 spiro atoms. The van der Waals surface area contributed by atoms with Gasteiger partial charge in [-0.2, -0.15) is 0 Å². The van der Waals surface area contributed by atoms with Gasteiger partial charge in [0, 0.05) is 37.8 Å². The molecule has 0 bridgehead atoms. The van der Waals surface area contributed by atoms with Crippen molar-refractivity contribution in [1.29, 1.82) is 0 Å². The molecule has 0 radical (unpaired) electrons. The maximum absolute atomic E-state index is 12.3. The second kappa shape index (κ2) is 5.13. The minimum absolute atomic E-state index is 0.0123. The van der Waals surface area contributed by atoms with Gasteiger partial charge < -0.3 is 10.0 Å². The maximum Gasteiger partial charge on any atom is 0.254 e. The third kappa shape index (κ3) is 2.77. The molecule has 102 valence electrons. The van der Waals surface area contributed by atoms with Crippen LogP contribution in [0.25, 0.3) is 0 Å². The summed E-state index contributed by atoms with van der Waals surface area (Å²) >= 11 is 3.22. The number of carbonyl (C=O) groups excluding carboxylic acids is 1. The Hall–Kier alpha value is -1.07. The summed E-state index contributed by atoms with van der Waals surface area (Å²) < 4.78 is 0.614. The molecule has 3 rings (SSSR count). The van der Waals surface area contributed by atoms with Crippen LogP contribution in [0.1, 0.15) is 23.2 Å². The van der Waals surface area contributed by atoms with Crippen molar-refractivity contribution in [3.8, 4) is 5.75 Å². The molecular weight excluding hydrogens is 308 g/mol. The molecule has 1 saturated heterocycles. The Morgan fingerprint density at radius 2 is 1.89 bits per heavy atom. The molecule has 1 aliphatic carbocycles. The van der Waals surface area contributed by atoms with Gasteiger partial charge in [-0.1, -0.05) is 0 Å². The summed E-state index contributed by atoms with van der Waals surface area (Å²) in [4.78, 5) is 16.7. The number of phenolic OH excluding ortho intramolecular Hbond substituents is 1. The number of benzene rings is 1. The smallest absolute Gasteiger partial charge is 0.254 e. The largest absolute Gasteiger partial charge is 0.507 e. The number of hydrogen-bond acceptors (Lipinski definition) is 3. The summed E-state index contributed by atoms with van der Waals surface area (Å²) in [6.07, 6.45) is 2.63. The Bertz CT molecular complexity index is 494. The predicted octanol–water partition coefficient (Wildman–Crippen LogP) is 2.07. The van der Waals surface area contributed by atoms with Gasteiger partial charge >= 0.3 is 0 Å². The van der Waals surface area contributed by atoms with Crippen LogP contribution in [0.5, 0.6) is 5.75 Å². The first kappa shape index (κ1) is 12.9. The van der Waals surface area contributed by atoms with E-state index in [1.165, 1.54) is 18.9 Å². The van der Waals surface area contributed by atoms with Crippen molar-refractivity contribution < 1.29 is 9.90 Å². The molecule has 1 heterocycles. The molecule has 4 nitrogen and oxygen atoms in total. The molecule has 2 aliphatic rings. The van der Waals surface area contributed by atoms with Gasteiger partial charge in [-0.15, -0.1) is 0 Å². The van der Waals surface area contributed by atoms with Crippen LogP contribution >= 0.6 is 15.9 Å². The Balaban J connectivity index is 1.65. The number of halogens is 1. The van der Waals surface area contributed by atoms with E-state index in [1.54, 1.807) is 12.1 Å². The summed E-state index contributed by atoms with van der Waals surface area (Å²) in [6, 6.07) is 5.76. The van der Waals surface area contributed by atoms with Gasteiger partial charge in [0.05, 0.1) is 4.47 Å². The normalized spacial score (nSPS) is 20.6. The van der Waals surface area contributed by atoms with E-state index in [0.29, 0.717) is 10.0 Å². The molecular formula is C14H17BrN2O2. The monoisotopic (exact) mass is 324 g/mol. The highest BCUT2D eigenvalue weighted by atomic mass is 79.9. The highest BCUT2D eigenvalue weighted by Gasteiger charge is 2.32. The van der Waals surface area contributed by atoms with Crippen molar-refractivity contribution in [2.75, 3.05) is 26.2 Å². The molecule has 0 atom stereocenters. The van der Waals surface area contributed by atoms with Crippen molar-refractivity contribution in [3.63, 3.8) is 0 Å². The molecule has 1 aromatic carbocycles. The van der Waals surface area contributed by atoms with Gasteiger partial charge in [0.1, 0.15) is 5.75 Å². The molecule has 1 amide bonds. The summed E-state index contributed by atoms with van der Waals surface area (Å²) in [5, 5.41) is 9.64. The molecule has 1 saturated carbocycles. The number of nitrogens with zero attached hydrogens (tertiary/aromatic N) is 2. The molecule has 19 heavy (non-hydrogen) atoms. The average molecular weight is 325 g/mol. The lowest BCUT2D eigenvalue weighted by atomic mass is 10.1. The van der Waals surface area contributed by atoms with Gasteiger partial charge in [0.25, 0.3) is 5.91 Å². The lowest BCUT2D eigenvalue weighted by Gasteiger charge is -2.34. The van der Waals surface area contributed by atoms with E-state index in [4.69, 9.17) is 0 Å². The number of aromatic hydroxyl groups is 1. The molecule has 2 fully saturated rings. The summed E-state index contributed by atoms with van der Waals surface area (Å²) in [7, 11) is 0. The first-order chi connectivity index (χ1) is 9.15. The van der Waals surface area contributed by atoms with Crippen molar-refractivity contribution in [2.24, 2.45) is 0 Å². The third-order valence-electron chi connectivity index (χ3n) is 3.86. The van der Waals surface area contributed by atoms with Crippen LogP contribution in [-0.4, -0.2) is 53.0 Å². The summed E-state index contributed by atoms with van der Waals surface area (Å²) in [5.74, 6) is 0.126.